The minimum absolute atomic E-state index is 0.103. The lowest BCUT2D eigenvalue weighted by atomic mass is 10.0. The molecular formula is C28H23ClFN3O6. The Morgan fingerprint density at radius 3 is 2.36 bits per heavy atom. The molecule has 0 radical (unpaired) electrons. The summed E-state index contributed by atoms with van der Waals surface area (Å²) in [6.07, 6.45) is -1.57. The van der Waals surface area contributed by atoms with Crippen molar-refractivity contribution in [1.29, 1.82) is 0 Å². The number of amides is 2. The molecular weight excluding hydrogens is 529 g/mol. The Kier molecular flexibility index (Phi) is 8.57. The fourth-order valence-electron chi connectivity index (χ4n) is 3.80. The van der Waals surface area contributed by atoms with E-state index in [0.717, 1.165) is 5.56 Å². The normalized spacial score (nSPS) is 12.3. The summed E-state index contributed by atoms with van der Waals surface area (Å²) in [5, 5.41) is 18.0. The first-order valence-corrected chi connectivity index (χ1v) is 12.2. The van der Waals surface area contributed by atoms with Gasteiger partial charge in [-0.15, -0.1) is 0 Å². The van der Waals surface area contributed by atoms with Crippen molar-refractivity contribution >= 4 is 35.3 Å². The third kappa shape index (κ3) is 6.79. The molecule has 2 amide bonds. The Morgan fingerprint density at radius 2 is 1.69 bits per heavy atom. The second-order valence-corrected chi connectivity index (χ2v) is 8.91. The first-order chi connectivity index (χ1) is 18.7. The maximum atomic E-state index is 14.4. The quantitative estimate of drug-likeness (QED) is 0.237. The molecule has 4 rings (SSSR count). The zero-order valence-electron chi connectivity index (χ0n) is 20.6. The number of carbonyl (C=O) groups excluding carboxylic acids is 2. The van der Waals surface area contributed by atoms with Crippen molar-refractivity contribution in [3.8, 4) is 11.3 Å². The van der Waals surface area contributed by atoms with Crippen molar-refractivity contribution in [2.75, 3.05) is 5.32 Å². The highest BCUT2D eigenvalue weighted by molar-refractivity contribution is 6.31. The predicted molar refractivity (Wildman–Crippen MR) is 141 cm³/mol. The van der Waals surface area contributed by atoms with Gasteiger partial charge in [-0.3, -0.25) is 10.1 Å². The van der Waals surface area contributed by atoms with Crippen molar-refractivity contribution in [1.82, 2.24) is 10.5 Å². The van der Waals surface area contributed by atoms with Gasteiger partial charge in [0.1, 0.15) is 17.8 Å². The number of carboxylic acids is 1. The Morgan fingerprint density at radius 1 is 1.03 bits per heavy atom. The van der Waals surface area contributed by atoms with Gasteiger partial charge in [0.15, 0.2) is 5.76 Å². The standard InChI is InChI=1S/C28H23ClFN3O6/c1-16(20-9-5-6-10-21(20)29)38-28(37)32-23-24(39-33-25(23)30)18-11-13-19(14-12-18)26(34)31-22(27(35)36)15-17-7-3-2-4-8-17/h2-14,16,22H,15H2,1H3,(H,31,34)(H,32,37)(H,35,36). The van der Waals surface area contributed by atoms with Crippen LogP contribution < -0.4 is 10.6 Å². The molecule has 1 heterocycles. The van der Waals surface area contributed by atoms with Gasteiger partial charge in [-0.25, -0.2) is 9.59 Å². The highest BCUT2D eigenvalue weighted by atomic mass is 35.5. The van der Waals surface area contributed by atoms with Crippen molar-refractivity contribution in [2.24, 2.45) is 0 Å². The van der Waals surface area contributed by atoms with E-state index in [0.29, 0.717) is 16.1 Å². The second kappa shape index (κ2) is 12.2. The van der Waals surface area contributed by atoms with Gasteiger partial charge < -0.3 is 19.7 Å². The minimum Gasteiger partial charge on any atom is -0.480 e. The van der Waals surface area contributed by atoms with Gasteiger partial charge in [0.25, 0.3) is 11.9 Å². The maximum absolute atomic E-state index is 14.4. The van der Waals surface area contributed by atoms with E-state index in [1.54, 1.807) is 55.5 Å². The molecule has 3 N–H and O–H groups in total. The summed E-state index contributed by atoms with van der Waals surface area (Å²) in [4.78, 5) is 36.8. The van der Waals surface area contributed by atoms with Gasteiger partial charge >= 0.3 is 12.1 Å². The van der Waals surface area contributed by atoms with Crippen LogP contribution in [-0.4, -0.2) is 34.3 Å². The molecule has 0 aliphatic rings. The van der Waals surface area contributed by atoms with Gasteiger partial charge in [-0.2, -0.15) is 4.39 Å². The number of rotatable bonds is 9. The van der Waals surface area contributed by atoms with Crippen LogP contribution in [0.2, 0.25) is 5.02 Å². The molecule has 0 bridgehead atoms. The molecule has 0 saturated heterocycles. The van der Waals surface area contributed by atoms with E-state index in [9.17, 15) is 23.9 Å². The topological polar surface area (TPSA) is 131 Å². The fourth-order valence-corrected chi connectivity index (χ4v) is 4.09. The molecule has 0 aliphatic carbocycles. The lowest BCUT2D eigenvalue weighted by Crippen LogP contribution is -2.42. The van der Waals surface area contributed by atoms with E-state index in [1.165, 1.54) is 24.3 Å². The number of nitrogens with one attached hydrogen (secondary N) is 2. The summed E-state index contributed by atoms with van der Waals surface area (Å²) >= 11 is 6.14. The monoisotopic (exact) mass is 551 g/mol. The van der Waals surface area contributed by atoms with Gasteiger partial charge in [-0.1, -0.05) is 72.3 Å². The summed E-state index contributed by atoms with van der Waals surface area (Å²) in [6.45, 7) is 1.62. The average Bonchev–Trinajstić information content (AvgIpc) is 3.28. The third-order valence-electron chi connectivity index (χ3n) is 5.80. The Bertz CT molecular complexity index is 1480. The number of anilines is 1. The van der Waals surface area contributed by atoms with Crippen molar-refractivity contribution in [2.45, 2.75) is 25.5 Å². The Hall–Kier alpha value is -4.70. The highest BCUT2D eigenvalue weighted by Crippen LogP contribution is 2.32. The first-order valence-electron chi connectivity index (χ1n) is 11.8. The number of hydrogen-bond donors (Lipinski definition) is 3. The molecule has 3 aromatic carbocycles. The van der Waals surface area contributed by atoms with Crippen molar-refractivity contribution in [3.05, 3.63) is 107 Å². The summed E-state index contributed by atoms with van der Waals surface area (Å²) in [5.41, 5.74) is 1.45. The van der Waals surface area contributed by atoms with Gasteiger partial charge in [0.05, 0.1) is 0 Å². The van der Waals surface area contributed by atoms with Crippen LogP contribution in [0.3, 0.4) is 0 Å². The molecule has 4 aromatic rings. The number of nitrogens with zero attached hydrogens (tertiary/aromatic N) is 1. The van der Waals surface area contributed by atoms with E-state index in [-0.39, 0.29) is 23.4 Å². The van der Waals surface area contributed by atoms with E-state index < -0.39 is 36.1 Å². The highest BCUT2D eigenvalue weighted by Gasteiger charge is 2.24. The number of carbonyl (C=O) groups is 3. The number of aromatic nitrogens is 1. The average molecular weight is 552 g/mol. The van der Waals surface area contributed by atoms with E-state index >= 15 is 0 Å². The van der Waals surface area contributed by atoms with Crippen LogP contribution in [-0.2, 0) is 16.0 Å². The largest absolute Gasteiger partial charge is 0.480 e. The maximum Gasteiger partial charge on any atom is 0.412 e. The Labute approximate surface area is 227 Å². The number of hydrogen-bond acceptors (Lipinski definition) is 6. The molecule has 2 atom stereocenters. The molecule has 0 fully saturated rings. The molecule has 0 aliphatic heterocycles. The molecule has 2 unspecified atom stereocenters. The lowest BCUT2D eigenvalue weighted by molar-refractivity contribution is -0.139. The van der Waals surface area contributed by atoms with Crippen molar-refractivity contribution in [3.63, 3.8) is 0 Å². The second-order valence-electron chi connectivity index (χ2n) is 8.50. The molecule has 11 heteroatoms. The predicted octanol–water partition coefficient (Wildman–Crippen LogP) is 5.87. The number of aliphatic carboxylic acids is 1. The van der Waals surface area contributed by atoms with Gasteiger partial charge in [0, 0.05) is 28.1 Å². The van der Waals surface area contributed by atoms with Gasteiger partial charge in [-0.05, 0) is 35.8 Å². The first kappa shape index (κ1) is 27.3. The van der Waals surface area contributed by atoms with Crippen LogP contribution >= 0.6 is 11.6 Å². The lowest BCUT2D eigenvalue weighted by Gasteiger charge is -2.15. The van der Waals surface area contributed by atoms with Crippen LogP contribution in [0.5, 0.6) is 0 Å². The zero-order valence-corrected chi connectivity index (χ0v) is 21.3. The number of ether oxygens (including phenoxy) is 1. The van der Waals surface area contributed by atoms with Crippen LogP contribution in [0.4, 0.5) is 14.9 Å². The van der Waals surface area contributed by atoms with Crippen LogP contribution in [0, 0.1) is 5.95 Å². The smallest absolute Gasteiger partial charge is 0.412 e. The molecule has 1 aromatic heterocycles. The van der Waals surface area contributed by atoms with Crippen LogP contribution in [0.1, 0.15) is 34.5 Å². The summed E-state index contributed by atoms with van der Waals surface area (Å²) in [7, 11) is 0. The number of halogens is 2. The minimum atomic E-state index is -1.17. The third-order valence-corrected chi connectivity index (χ3v) is 6.14. The Balaban J connectivity index is 1.44. The molecule has 200 valence electrons. The molecule has 0 saturated carbocycles. The number of benzene rings is 3. The fraction of sp³-hybridized carbons (Fsp3) is 0.143. The molecule has 39 heavy (non-hydrogen) atoms. The number of carboxylic acid groups (broad SMARTS) is 1. The molecule has 9 nitrogen and oxygen atoms in total. The van der Waals surface area contributed by atoms with Crippen LogP contribution in [0.25, 0.3) is 11.3 Å². The molecule has 0 spiro atoms. The van der Waals surface area contributed by atoms with E-state index in [4.69, 9.17) is 20.9 Å². The summed E-state index contributed by atoms with van der Waals surface area (Å²) < 4.78 is 24.7. The van der Waals surface area contributed by atoms with Gasteiger partial charge in [0.2, 0.25) is 0 Å². The van der Waals surface area contributed by atoms with E-state index in [1.807, 2.05) is 6.07 Å². The zero-order chi connectivity index (χ0) is 27.9. The summed E-state index contributed by atoms with van der Waals surface area (Å²) in [6, 6.07) is 20.3. The summed E-state index contributed by atoms with van der Waals surface area (Å²) in [5.74, 6) is -2.95. The van der Waals surface area contributed by atoms with Crippen molar-refractivity contribution < 1.29 is 33.1 Å². The van der Waals surface area contributed by atoms with E-state index in [2.05, 4.69) is 15.8 Å². The van der Waals surface area contributed by atoms with Crippen LogP contribution in [0.15, 0.2) is 83.4 Å². The SMILES string of the molecule is CC(OC(=O)Nc1c(F)noc1-c1ccc(C(=O)NC(Cc2ccccc2)C(=O)O)cc1)c1ccccc1Cl.